The van der Waals surface area contributed by atoms with Gasteiger partial charge >= 0.3 is 115 Å². The van der Waals surface area contributed by atoms with Crippen LogP contribution in [0.2, 0.25) is 3.17 Å². The van der Waals surface area contributed by atoms with Crippen LogP contribution in [0.5, 0.6) is 0 Å². The average Bonchev–Trinajstić information content (AvgIpc) is 2.50. The summed E-state index contributed by atoms with van der Waals surface area (Å²) >= 11 is 1.41. The van der Waals surface area contributed by atoms with Crippen LogP contribution in [0.25, 0.3) is 0 Å². The third kappa shape index (κ3) is 19.0. The van der Waals surface area contributed by atoms with Crippen molar-refractivity contribution in [1.82, 2.24) is 0 Å². The fraction of sp³-hybridized carbons (Fsp3) is 1.00. The molecular weight excluding hydrogens is 263 g/mol. The van der Waals surface area contributed by atoms with Crippen LogP contribution in [0.4, 0.5) is 0 Å². The van der Waals surface area contributed by atoms with E-state index in [9.17, 15) is 0 Å². The van der Waals surface area contributed by atoms with E-state index in [-0.39, 0.29) is 0 Å². The van der Waals surface area contributed by atoms with Crippen molar-refractivity contribution in [1.29, 1.82) is 0 Å². The molecule has 0 aromatic rings. The number of rotatable bonds is 17. The second-order valence-electron chi connectivity index (χ2n) is 7.25. The van der Waals surface area contributed by atoms with Crippen LogP contribution in [0, 0.1) is 0 Å². The first-order valence-corrected chi connectivity index (χ1v) is 11.5. The molecule has 0 saturated heterocycles. The molecule has 0 aliphatic rings. The molecule has 0 N–H and O–H groups in total. The van der Waals surface area contributed by atoms with Crippen LogP contribution in [0.1, 0.15) is 123 Å². The van der Waals surface area contributed by atoms with Gasteiger partial charge < -0.3 is 0 Å². The zero-order chi connectivity index (χ0) is 15.6. The maximum atomic E-state index is 2.35. The Morgan fingerprint density at radius 3 is 1.19 bits per heavy atom. The standard InChI is InChI=1S/C20H41.Na/c1-3-5-7-9-11-13-15-17-19-20-18-16-14-12-10-8-6-4-2;/h5H,3-4,6-20H2,1-2H3;. The first kappa shape index (κ1) is 22.0. The van der Waals surface area contributed by atoms with Gasteiger partial charge in [-0.2, -0.15) is 0 Å². The van der Waals surface area contributed by atoms with Crippen molar-refractivity contribution in [2.24, 2.45) is 0 Å². The summed E-state index contributed by atoms with van der Waals surface area (Å²) in [6.07, 6.45) is 25.1. The van der Waals surface area contributed by atoms with Crippen molar-refractivity contribution in [2.75, 3.05) is 0 Å². The van der Waals surface area contributed by atoms with Crippen molar-refractivity contribution < 1.29 is 0 Å². The van der Waals surface area contributed by atoms with Crippen LogP contribution in [-0.2, 0) is 0 Å². The molecule has 0 aliphatic heterocycles. The summed E-state index contributed by atoms with van der Waals surface area (Å²) in [5.41, 5.74) is 0. The summed E-state index contributed by atoms with van der Waals surface area (Å²) in [7, 11) is 0. The Bertz CT molecular complexity index is 179. The van der Waals surface area contributed by atoms with Crippen molar-refractivity contribution in [2.45, 2.75) is 126 Å². The summed E-state index contributed by atoms with van der Waals surface area (Å²) in [5.74, 6) is 0. The molecular formula is C20H41Na. The Kier molecular flexibility index (Phi) is 20.0. The zero-order valence-corrected chi connectivity index (χ0v) is 17.6. The molecule has 0 radical (unpaired) electrons. The molecule has 0 fully saturated rings. The van der Waals surface area contributed by atoms with Crippen molar-refractivity contribution in [3.8, 4) is 0 Å². The van der Waals surface area contributed by atoms with Gasteiger partial charge in [0.25, 0.3) is 0 Å². The predicted molar refractivity (Wildman–Crippen MR) is 99.3 cm³/mol. The summed E-state index contributed by atoms with van der Waals surface area (Å²) < 4.78 is 1.09. The molecule has 1 unspecified atom stereocenters. The second-order valence-corrected chi connectivity index (χ2v) is 8.88. The summed E-state index contributed by atoms with van der Waals surface area (Å²) in [4.78, 5) is 0. The zero-order valence-electron chi connectivity index (χ0n) is 15.6. The van der Waals surface area contributed by atoms with E-state index in [4.69, 9.17) is 0 Å². The fourth-order valence-electron chi connectivity index (χ4n) is 3.07. The Balaban J connectivity index is 2.96. The molecule has 122 valence electrons. The van der Waals surface area contributed by atoms with Gasteiger partial charge in [-0.1, -0.05) is 39.0 Å². The summed E-state index contributed by atoms with van der Waals surface area (Å²) in [6.45, 7) is 4.65. The molecule has 1 atom stereocenters. The Hall–Kier alpha value is 1.00. The van der Waals surface area contributed by atoms with Crippen molar-refractivity contribution in [3.05, 3.63) is 0 Å². The van der Waals surface area contributed by atoms with Crippen LogP contribution in [0.3, 0.4) is 0 Å². The number of hydrogen-bond donors (Lipinski definition) is 0. The minimum atomic E-state index is 1.09. The first-order valence-electron chi connectivity index (χ1n) is 10.3. The number of unbranched alkanes of at least 4 members (excludes halogenated alkanes) is 14. The van der Waals surface area contributed by atoms with E-state index >= 15 is 0 Å². The van der Waals surface area contributed by atoms with Crippen LogP contribution < -0.4 is 0 Å². The average molecular weight is 305 g/mol. The van der Waals surface area contributed by atoms with E-state index in [1.807, 2.05) is 0 Å². The van der Waals surface area contributed by atoms with Gasteiger partial charge in [-0.15, -0.1) is 0 Å². The van der Waals surface area contributed by atoms with Crippen LogP contribution in [-0.4, -0.2) is 27.9 Å². The molecule has 0 heterocycles. The SMILES string of the molecule is CCCCCCCCCCCCCCCCC[CH]([Na])CC. The Labute approximate surface area is 153 Å². The van der Waals surface area contributed by atoms with Gasteiger partial charge in [0.1, 0.15) is 0 Å². The molecule has 0 aromatic carbocycles. The monoisotopic (exact) mass is 304 g/mol. The van der Waals surface area contributed by atoms with Crippen molar-refractivity contribution >= 4 is 27.9 Å². The third-order valence-corrected chi connectivity index (χ3v) is 6.39. The summed E-state index contributed by atoms with van der Waals surface area (Å²) in [6, 6.07) is 0. The molecule has 21 heavy (non-hydrogen) atoms. The molecule has 0 spiro atoms. The van der Waals surface area contributed by atoms with Gasteiger partial charge in [-0.25, -0.2) is 0 Å². The molecule has 0 amide bonds. The minimum absolute atomic E-state index is 1.09. The van der Waals surface area contributed by atoms with Gasteiger partial charge in [0.2, 0.25) is 0 Å². The predicted octanol–water partition coefficient (Wildman–Crippen LogP) is 7.61. The molecule has 0 saturated carbocycles. The summed E-state index contributed by atoms with van der Waals surface area (Å²) in [5, 5.41) is 0. The Morgan fingerprint density at radius 1 is 0.524 bits per heavy atom. The van der Waals surface area contributed by atoms with Crippen LogP contribution >= 0.6 is 0 Å². The van der Waals surface area contributed by atoms with E-state index in [1.165, 1.54) is 137 Å². The van der Waals surface area contributed by atoms with Gasteiger partial charge in [-0.3, -0.25) is 0 Å². The van der Waals surface area contributed by atoms with Crippen molar-refractivity contribution in [3.63, 3.8) is 0 Å². The first-order chi connectivity index (χ1) is 10.3. The third-order valence-electron chi connectivity index (χ3n) is 5.00. The second kappa shape index (κ2) is 19.0. The molecule has 1 heteroatoms. The molecule has 0 aliphatic carbocycles. The molecule has 0 aromatic heterocycles. The maximum absolute atomic E-state index is 2.35. The molecule has 0 nitrogen and oxygen atoms in total. The van der Waals surface area contributed by atoms with Gasteiger partial charge in [-0.05, 0) is 0 Å². The van der Waals surface area contributed by atoms with E-state index in [1.54, 1.807) is 0 Å². The Morgan fingerprint density at radius 2 is 0.857 bits per heavy atom. The van der Waals surface area contributed by atoms with E-state index in [0.29, 0.717) is 0 Å². The molecule has 0 bridgehead atoms. The normalized spacial score (nSPS) is 12.8. The van der Waals surface area contributed by atoms with E-state index in [2.05, 4.69) is 13.8 Å². The fourth-order valence-corrected chi connectivity index (χ4v) is 3.48. The van der Waals surface area contributed by atoms with E-state index < -0.39 is 0 Å². The topological polar surface area (TPSA) is 0 Å². The van der Waals surface area contributed by atoms with Gasteiger partial charge in [0.15, 0.2) is 0 Å². The quantitative estimate of drug-likeness (QED) is 0.191. The van der Waals surface area contributed by atoms with Crippen LogP contribution in [0.15, 0.2) is 0 Å². The van der Waals surface area contributed by atoms with E-state index in [0.717, 1.165) is 3.17 Å². The van der Waals surface area contributed by atoms with Gasteiger partial charge in [0.05, 0.1) is 0 Å². The van der Waals surface area contributed by atoms with Gasteiger partial charge in [0, 0.05) is 0 Å². The number of hydrogen-bond acceptors (Lipinski definition) is 0. The molecule has 0 rings (SSSR count).